The lowest BCUT2D eigenvalue weighted by atomic mass is 9.77. The predicted octanol–water partition coefficient (Wildman–Crippen LogP) is 1.20. The normalized spacial score (nSPS) is 17.9. The molecule has 0 radical (unpaired) electrons. The van der Waals surface area contributed by atoms with Gasteiger partial charge in [-0.1, -0.05) is 6.92 Å². The highest BCUT2D eigenvalue weighted by molar-refractivity contribution is 7.11. The van der Waals surface area contributed by atoms with Gasteiger partial charge in [-0.05, 0) is 25.7 Å². The lowest BCUT2D eigenvalue weighted by Crippen LogP contribution is -2.58. The van der Waals surface area contributed by atoms with Gasteiger partial charge in [0.2, 0.25) is 5.91 Å². The minimum absolute atomic E-state index is 0.0352. The van der Waals surface area contributed by atoms with Gasteiger partial charge in [0.15, 0.2) is 0 Å². The van der Waals surface area contributed by atoms with Crippen molar-refractivity contribution in [1.29, 1.82) is 0 Å². The van der Waals surface area contributed by atoms with E-state index in [4.69, 9.17) is 5.73 Å². The topological polar surface area (TPSA) is 68.0 Å². The average Bonchev–Trinajstić information content (AvgIpc) is 2.70. The summed E-state index contributed by atoms with van der Waals surface area (Å²) in [6.07, 6.45) is 5.52. The van der Waals surface area contributed by atoms with Gasteiger partial charge in [0, 0.05) is 11.1 Å². The van der Waals surface area contributed by atoms with Crippen LogP contribution in [-0.2, 0) is 17.8 Å². The van der Waals surface area contributed by atoms with Gasteiger partial charge in [0.1, 0.15) is 5.01 Å². The Bertz CT molecular complexity index is 384. The molecule has 1 heterocycles. The van der Waals surface area contributed by atoms with E-state index in [2.05, 4.69) is 17.2 Å². The lowest BCUT2D eigenvalue weighted by Gasteiger charge is -2.36. The van der Waals surface area contributed by atoms with Gasteiger partial charge in [0.05, 0.1) is 12.1 Å². The number of amides is 1. The third kappa shape index (κ3) is 2.25. The minimum atomic E-state index is -0.606. The molecule has 0 unspecified atom stereocenters. The van der Waals surface area contributed by atoms with Crippen molar-refractivity contribution in [1.82, 2.24) is 10.3 Å². The van der Waals surface area contributed by atoms with Crippen molar-refractivity contribution in [3.63, 3.8) is 0 Å². The van der Waals surface area contributed by atoms with Gasteiger partial charge in [-0.25, -0.2) is 4.98 Å². The largest absolute Gasteiger partial charge is 0.348 e. The van der Waals surface area contributed by atoms with E-state index in [1.54, 1.807) is 11.3 Å². The first-order valence-electron chi connectivity index (χ1n) is 5.65. The predicted molar refractivity (Wildman–Crippen MR) is 64.1 cm³/mol. The van der Waals surface area contributed by atoms with Crippen LogP contribution in [0.3, 0.4) is 0 Å². The first-order chi connectivity index (χ1) is 7.64. The molecule has 0 saturated heterocycles. The quantitative estimate of drug-likeness (QED) is 0.829. The fraction of sp³-hybridized carbons (Fsp3) is 0.636. The van der Waals surface area contributed by atoms with E-state index in [-0.39, 0.29) is 5.91 Å². The van der Waals surface area contributed by atoms with Crippen LogP contribution >= 0.6 is 11.3 Å². The van der Waals surface area contributed by atoms with Crippen LogP contribution in [0.25, 0.3) is 0 Å². The summed E-state index contributed by atoms with van der Waals surface area (Å²) >= 11 is 1.64. The maximum Gasteiger partial charge on any atom is 0.240 e. The molecule has 0 spiro atoms. The molecule has 1 aromatic rings. The Morgan fingerprint density at radius 1 is 1.69 bits per heavy atom. The first-order valence-corrected chi connectivity index (χ1v) is 6.46. The van der Waals surface area contributed by atoms with Crippen molar-refractivity contribution in [3.05, 3.63) is 16.1 Å². The molecule has 1 amide bonds. The number of nitrogens with zero attached hydrogens (tertiary/aromatic N) is 1. The van der Waals surface area contributed by atoms with Crippen LogP contribution < -0.4 is 11.1 Å². The van der Waals surface area contributed by atoms with Crippen LogP contribution in [0, 0.1) is 0 Å². The Morgan fingerprint density at radius 2 is 2.44 bits per heavy atom. The molecule has 1 fully saturated rings. The van der Waals surface area contributed by atoms with Crippen LogP contribution in [0.15, 0.2) is 6.20 Å². The third-order valence-electron chi connectivity index (χ3n) is 3.05. The molecule has 1 aliphatic rings. The smallest absolute Gasteiger partial charge is 0.240 e. The second kappa shape index (κ2) is 4.51. The minimum Gasteiger partial charge on any atom is -0.348 e. The SMILES string of the molecule is CCc1cnc(CNC(=O)C2(N)CCC2)s1. The number of hydrogen-bond acceptors (Lipinski definition) is 4. The van der Waals surface area contributed by atoms with Crippen LogP contribution in [0.4, 0.5) is 0 Å². The van der Waals surface area contributed by atoms with E-state index in [0.717, 1.165) is 30.7 Å². The summed E-state index contributed by atoms with van der Waals surface area (Å²) in [4.78, 5) is 17.2. The molecule has 1 aliphatic carbocycles. The summed E-state index contributed by atoms with van der Waals surface area (Å²) in [6, 6.07) is 0. The van der Waals surface area contributed by atoms with E-state index >= 15 is 0 Å². The molecule has 16 heavy (non-hydrogen) atoms. The first kappa shape index (κ1) is 11.5. The molecular formula is C11H17N3OS. The zero-order chi connectivity index (χ0) is 11.6. The van der Waals surface area contributed by atoms with E-state index in [0.29, 0.717) is 6.54 Å². The van der Waals surface area contributed by atoms with Gasteiger partial charge in [0.25, 0.3) is 0 Å². The van der Waals surface area contributed by atoms with Crippen LogP contribution in [0.2, 0.25) is 0 Å². The summed E-state index contributed by atoms with van der Waals surface area (Å²) in [5, 5.41) is 3.81. The van der Waals surface area contributed by atoms with Crippen molar-refractivity contribution in [2.45, 2.75) is 44.7 Å². The second-order valence-corrected chi connectivity index (χ2v) is 5.47. The number of thiazole rings is 1. The molecule has 2 rings (SSSR count). The number of aromatic nitrogens is 1. The van der Waals surface area contributed by atoms with E-state index < -0.39 is 5.54 Å². The maximum atomic E-state index is 11.7. The summed E-state index contributed by atoms with van der Waals surface area (Å²) in [5.41, 5.74) is 5.31. The Balaban J connectivity index is 1.85. The summed E-state index contributed by atoms with van der Waals surface area (Å²) in [6.45, 7) is 2.60. The number of carbonyl (C=O) groups is 1. The molecule has 1 aromatic heterocycles. The molecule has 5 heteroatoms. The van der Waals surface area contributed by atoms with Gasteiger partial charge in [-0.15, -0.1) is 11.3 Å². The van der Waals surface area contributed by atoms with Crippen molar-refractivity contribution in [3.8, 4) is 0 Å². The monoisotopic (exact) mass is 239 g/mol. The van der Waals surface area contributed by atoms with Crippen LogP contribution in [-0.4, -0.2) is 16.4 Å². The average molecular weight is 239 g/mol. The Kier molecular flexibility index (Phi) is 3.25. The molecule has 0 aliphatic heterocycles. The van der Waals surface area contributed by atoms with Gasteiger partial charge >= 0.3 is 0 Å². The molecule has 0 atom stereocenters. The van der Waals surface area contributed by atoms with Crippen molar-refractivity contribution >= 4 is 17.2 Å². The Hall–Kier alpha value is -0.940. The number of carbonyl (C=O) groups excluding carboxylic acids is 1. The number of hydrogen-bond donors (Lipinski definition) is 2. The number of nitrogens with two attached hydrogens (primary N) is 1. The number of nitrogens with one attached hydrogen (secondary N) is 1. The van der Waals surface area contributed by atoms with E-state index in [1.807, 2.05) is 6.20 Å². The van der Waals surface area contributed by atoms with Gasteiger partial charge < -0.3 is 11.1 Å². The summed E-state index contributed by atoms with van der Waals surface area (Å²) < 4.78 is 0. The molecule has 0 aromatic carbocycles. The maximum absolute atomic E-state index is 11.7. The zero-order valence-electron chi connectivity index (χ0n) is 9.45. The van der Waals surface area contributed by atoms with Gasteiger partial charge in [-0.3, -0.25) is 4.79 Å². The molecular weight excluding hydrogens is 222 g/mol. The Labute approximate surface area is 99.3 Å². The summed E-state index contributed by atoms with van der Waals surface area (Å²) in [5.74, 6) is -0.0352. The van der Waals surface area contributed by atoms with E-state index in [1.165, 1.54) is 4.88 Å². The van der Waals surface area contributed by atoms with Crippen LogP contribution in [0.5, 0.6) is 0 Å². The van der Waals surface area contributed by atoms with Crippen molar-refractivity contribution in [2.75, 3.05) is 0 Å². The molecule has 3 N–H and O–H groups in total. The molecule has 1 saturated carbocycles. The second-order valence-electron chi connectivity index (χ2n) is 4.27. The van der Waals surface area contributed by atoms with Gasteiger partial charge in [-0.2, -0.15) is 0 Å². The highest BCUT2D eigenvalue weighted by Crippen LogP contribution is 2.29. The van der Waals surface area contributed by atoms with E-state index in [9.17, 15) is 4.79 Å². The van der Waals surface area contributed by atoms with Crippen LogP contribution in [0.1, 0.15) is 36.1 Å². The van der Waals surface area contributed by atoms with Crippen molar-refractivity contribution < 1.29 is 4.79 Å². The Morgan fingerprint density at radius 3 is 2.94 bits per heavy atom. The number of rotatable bonds is 4. The zero-order valence-corrected chi connectivity index (χ0v) is 10.3. The molecule has 88 valence electrons. The fourth-order valence-corrected chi connectivity index (χ4v) is 2.51. The highest BCUT2D eigenvalue weighted by Gasteiger charge is 2.39. The standard InChI is InChI=1S/C11H17N3OS/c1-2-8-6-13-9(16-8)7-14-10(15)11(12)4-3-5-11/h6H,2-5,7,12H2,1H3,(H,14,15). The fourth-order valence-electron chi connectivity index (χ4n) is 1.71. The molecule has 0 bridgehead atoms. The summed E-state index contributed by atoms with van der Waals surface area (Å²) in [7, 11) is 0. The number of aryl methyl sites for hydroxylation is 1. The lowest BCUT2D eigenvalue weighted by molar-refractivity contribution is -0.129. The third-order valence-corrected chi connectivity index (χ3v) is 4.19. The molecule has 4 nitrogen and oxygen atoms in total. The highest BCUT2D eigenvalue weighted by atomic mass is 32.1. The van der Waals surface area contributed by atoms with Crippen molar-refractivity contribution in [2.24, 2.45) is 5.73 Å².